The number of carbonyl (C=O) groups is 3. The van der Waals surface area contributed by atoms with Gasteiger partial charge >= 0.3 is 11.9 Å². The van der Waals surface area contributed by atoms with Crippen LogP contribution in [0.3, 0.4) is 0 Å². The summed E-state index contributed by atoms with van der Waals surface area (Å²) in [5.74, 6) is -2.28. The van der Waals surface area contributed by atoms with Crippen LogP contribution in [0, 0.1) is 0 Å². The molecule has 0 aliphatic rings. The quantitative estimate of drug-likeness (QED) is 0.0195. The molecular weight excluding hydrogens is 1010 g/mol. The van der Waals surface area contributed by atoms with Crippen LogP contribution < -0.4 is 5.11 Å². The van der Waals surface area contributed by atoms with Crippen LogP contribution in [0.2, 0.25) is 0 Å². The van der Waals surface area contributed by atoms with Crippen molar-refractivity contribution in [3.63, 3.8) is 0 Å². The Kier molecular flexibility index (Phi) is 61.1. The molecule has 0 saturated heterocycles. The van der Waals surface area contributed by atoms with Gasteiger partial charge in [-0.3, -0.25) is 9.59 Å². The molecule has 0 aromatic carbocycles. The highest BCUT2D eigenvalue weighted by Gasteiger charge is 2.22. The molecule has 0 bridgehead atoms. The molecule has 2 unspecified atom stereocenters. The van der Waals surface area contributed by atoms with E-state index in [0.717, 1.165) is 64.2 Å². The molecule has 0 amide bonds. The minimum absolute atomic E-state index is 0.146. The second-order valence-corrected chi connectivity index (χ2v) is 24.8. The lowest BCUT2D eigenvalue weighted by molar-refractivity contribution is -0.870. The van der Waals surface area contributed by atoms with Crippen LogP contribution in [0.1, 0.15) is 335 Å². The summed E-state index contributed by atoms with van der Waals surface area (Å²) in [6.07, 6.45) is 77.9. The molecule has 0 spiro atoms. The van der Waals surface area contributed by atoms with Crippen LogP contribution in [0.4, 0.5) is 0 Å². The Balaban J connectivity index is 3.93. The van der Waals surface area contributed by atoms with Crippen molar-refractivity contribution in [1.82, 2.24) is 0 Å². The maximum atomic E-state index is 12.9. The molecule has 0 rings (SSSR count). The number of quaternary nitrogens is 1. The second kappa shape index (κ2) is 63.3. The molecule has 0 N–H and O–H groups in total. The van der Waals surface area contributed by atoms with Crippen molar-refractivity contribution in [2.75, 3.05) is 47.5 Å². The Labute approximate surface area is 502 Å². The van der Waals surface area contributed by atoms with Gasteiger partial charge in [0.2, 0.25) is 0 Å². The van der Waals surface area contributed by atoms with Crippen LogP contribution in [-0.4, -0.2) is 82.3 Å². The Hall–Kier alpha value is -2.75. The fraction of sp³-hybridized carbons (Fsp3) is 0.847. The van der Waals surface area contributed by atoms with Gasteiger partial charge in [0.25, 0.3) is 0 Å². The maximum absolute atomic E-state index is 12.9. The number of carboxylic acid groups (broad SMARTS) is 1. The van der Waals surface area contributed by atoms with Gasteiger partial charge in [-0.15, -0.1) is 0 Å². The average molecular weight is 1140 g/mol. The number of hydrogen-bond acceptors (Lipinski definition) is 8. The third-order valence-electron chi connectivity index (χ3n) is 15.6. The largest absolute Gasteiger partial charge is 0.545 e. The smallest absolute Gasteiger partial charge is 0.306 e. The molecule has 0 aromatic rings. The zero-order valence-corrected chi connectivity index (χ0v) is 54.2. The Morgan fingerprint density at radius 2 is 0.704 bits per heavy atom. The Bertz CT molecular complexity index is 1470. The molecule has 0 radical (unpaired) electrons. The molecular formula is C72H133NO8. The molecule has 9 heteroatoms. The molecule has 0 heterocycles. The number of allylic oxidation sites excluding steroid dienone is 8. The topological polar surface area (TPSA) is 111 Å². The zero-order chi connectivity index (χ0) is 59.1. The van der Waals surface area contributed by atoms with E-state index in [1.54, 1.807) is 0 Å². The van der Waals surface area contributed by atoms with E-state index < -0.39 is 24.3 Å². The summed E-state index contributed by atoms with van der Waals surface area (Å²) in [6.45, 7) is 4.67. The highest BCUT2D eigenvalue weighted by atomic mass is 16.7. The van der Waals surface area contributed by atoms with Crippen LogP contribution >= 0.6 is 0 Å². The summed E-state index contributed by atoms with van der Waals surface area (Å²) in [6, 6.07) is 0. The predicted molar refractivity (Wildman–Crippen MR) is 343 cm³/mol. The van der Waals surface area contributed by atoms with Crippen molar-refractivity contribution in [1.29, 1.82) is 0 Å². The summed E-state index contributed by atoms with van der Waals surface area (Å²) < 4.78 is 22.7. The van der Waals surface area contributed by atoms with E-state index in [-0.39, 0.29) is 32.2 Å². The van der Waals surface area contributed by atoms with E-state index in [0.29, 0.717) is 23.9 Å². The average Bonchev–Trinajstić information content (AvgIpc) is 3.44. The van der Waals surface area contributed by atoms with Crippen LogP contribution in [0.25, 0.3) is 0 Å². The molecule has 0 aromatic heterocycles. The Morgan fingerprint density at radius 1 is 0.383 bits per heavy atom. The summed E-state index contributed by atoms with van der Waals surface area (Å²) in [5.41, 5.74) is 0. The van der Waals surface area contributed by atoms with Gasteiger partial charge in [0.05, 0.1) is 40.3 Å². The van der Waals surface area contributed by atoms with Gasteiger partial charge in [-0.2, -0.15) is 0 Å². The zero-order valence-electron chi connectivity index (χ0n) is 54.2. The first-order chi connectivity index (χ1) is 39.6. The Morgan fingerprint density at radius 3 is 1.06 bits per heavy atom. The third-order valence-corrected chi connectivity index (χ3v) is 15.6. The van der Waals surface area contributed by atoms with E-state index in [4.69, 9.17) is 18.9 Å². The first-order valence-electron chi connectivity index (χ1n) is 34.8. The van der Waals surface area contributed by atoms with Crippen LogP contribution in [-0.2, 0) is 33.3 Å². The molecule has 0 aliphatic heterocycles. The van der Waals surface area contributed by atoms with Crippen molar-refractivity contribution in [2.45, 2.75) is 347 Å². The molecule has 0 fully saturated rings. The molecule has 0 saturated carbocycles. The fourth-order valence-electron chi connectivity index (χ4n) is 10.3. The van der Waals surface area contributed by atoms with E-state index in [1.807, 2.05) is 21.1 Å². The SMILES string of the molecule is CC/C=C\C/C=C\C/C=C\CCCCCCCCCC(=O)OC(COC(=O)CCCCCCCCCCCCCCCCCCCCCCCCCCCCC/C=C\CCCCCCCCCC)COC(OCC[N+](C)(C)C)C(=O)[O-]. The summed E-state index contributed by atoms with van der Waals surface area (Å²) >= 11 is 0. The minimum Gasteiger partial charge on any atom is -0.545 e. The fourth-order valence-corrected chi connectivity index (χ4v) is 10.3. The highest BCUT2D eigenvalue weighted by Crippen LogP contribution is 2.18. The van der Waals surface area contributed by atoms with E-state index in [9.17, 15) is 19.5 Å². The van der Waals surface area contributed by atoms with Gasteiger partial charge in [0, 0.05) is 12.8 Å². The molecule has 9 nitrogen and oxygen atoms in total. The number of carboxylic acids is 1. The maximum Gasteiger partial charge on any atom is 0.306 e. The lowest BCUT2D eigenvalue weighted by Gasteiger charge is -2.26. The number of likely N-dealkylation sites (N-methyl/N-ethyl adjacent to an activating group) is 1. The predicted octanol–water partition coefficient (Wildman–Crippen LogP) is 20.0. The van der Waals surface area contributed by atoms with Gasteiger partial charge < -0.3 is 33.3 Å². The van der Waals surface area contributed by atoms with Gasteiger partial charge in [0.1, 0.15) is 13.2 Å². The number of rotatable bonds is 65. The first kappa shape index (κ1) is 78.2. The molecule has 81 heavy (non-hydrogen) atoms. The summed E-state index contributed by atoms with van der Waals surface area (Å²) in [4.78, 5) is 37.4. The van der Waals surface area contributed by atoms with Crippen molar-refractivity contribution in [3.05, 3.63) is 48.6 Å². The van der Waals surface area contributed by atoms with Crippen molar-refractivity contribution >= 4 is 17.9 Å². The number of unbranched alkanes of at least 4 members (excludes halogenated alkanes) is 42. The van der Waals surface area contributed by atoms with Crippen LogP contribution in [0.5, 0.6) is 0 Å². The number of ether oxygens (including phenoxy) is 4. The monoisotopic (exact) mass is 1140 g/mol. The lowest BCUT2D eigenvalue weighted by atomic mass is 10.0. The minimum atomic E-state index is -1.62. The third kappa shape index (κ3) is 64.7. The first-order valence-corrected chi connectivity index (χ1v) is 34.8. The highest BCUT2D eigenvalue weighted by molar-refractivity contribution is 5.70. The van der Waals surface area contributed by atoms with Crippen molar-refractivity contribution in [3.8, 4) is 0 Å². The number of carbonyl (C=O) groups excluding carboxylic acids is 3. The number of nitrogens with zero attached hydrogens (tertiary/aromatic N) is 1. The molecule has 2 atom stereocenters. The van der Waals surface area contributed by atoms with Gasteiger partial charge in [-0.05, 0) is 70.6 Å². The van der Waals surface area contributed by atoms with Crippen molar-refractivity contribution in [2.24, 2.45) is 0 Å². The lowest BCUT2D eigenvalue weighted by Crippen LogP contribution is -2.44. The van der Waals surface area contributed by atoms with E-state index >= 15 is 0 Å². The standard InChI is InChI=1S/C72H133NO8/c1-6-8-10-12-14-16-18-20-22-24-25-26-27-28-29-30-31-32-33-34-35-36-37-38-39-40-41-42-43-44-45-47-48-50-52-54-56-58-60-62-69(74)79-66-68(67-80-72(71(76)77)78-65-64-73(3,4)5)81-70(75)63-61-59-57-55-53-51-49-46-23-21-19-17-15-13-11-9-7-2/h9,11,15,17,21,23-25,68,72H,6-8,10,12-14,16,18-20,22,26-67H2,1-5H3/b11-9-,17-15-,23-21-,25-24-. The van der Waals surface area contributed by atoms with Gasteiger partial charge in [-0.25, -0.2) is 0 Å². The number of aliphatic carboxylic acids is 1. The van der Waals surface area contributed by atoms with Crippen LogP contribution in [0.15, 0.2) is 48.6 Å². The number of esters is 2. The normalized spacial score (nSPS) is 13.0. The molecule has 474 valence electrons. The van der Waals surface area contributed by atoms with E-state index in [1.165, 1.54) is 238 Å². The summed E-state index contributed by atoms with van der Waals surface area (Å²) in [7, 11) is 5.93. The second-order valence-electron chi connectivity index (χ2n) is 24.8. The summed E-state index contributed by atoms with van der Waals surface area (Å²) in [5, 5.41) is 11.8. The van der Waals surface area contributed by atoms with E-state index in [2.05, 4.69) is 62.5 Å². The van der Waals surface area contributed by atoms with Gasteiger partial charge in [0.15, 0.2) is 12.4 Å². The molecule has 0 aliphatic carbocycles. The van der Waals surface area contributed by atoms with Gasteiger partial charge in [-0.1, -0.05) is 300 Å². The number of hydrogen-bond donors (Lipinski definition) is 0. The van der Waals surface area contributed by atoms with Crippen molar-refractivity contribution < 1.29 is 42.9 Å².